The Kier molecular flexibility index (Phi) is 8.97. The van der Waals surface area contributed by atoms with Crippen molar-refractivity contribution in [2.45, 2.75) is 45.5 Å². The predicted molar refractivity (Wildman–Crippen MR) is 135 cm³/mol. The molecular weight excluding hydrogens is 526 g/mol. The Bertz CT molecular complexity index is 1390. The SMILES string of the molecule is CCc1ccc(COc2nc(C(F)(F)F)ccc2CNC(=O)C(C)c2cccc(F)c2NS(C)(=O)=O)cc1. The first-order chi connectivity index (χ1) is 17.8. The standard InChI is InChI=1S/C26H27F4N3O4S/c1-4-17-8-10-18(11-9-17)15-37-25-19(12-13-22(32-25)26(28,29)30)14-31-24(34)16(2)20-6-5-7-21(27)23(20)33-38(3,35)36/h5-13,16,33H,4,14-15H2,1-3H3,(H,31,34). The molecule has 0 aliphatic heterocycles. The van der Waals surface area contributed by atoms with Crippen LogP contribution in [0.3, 0.4) is 0 Å². The van der Waals surface area contributed by atoms with Gasteiger partial charge < -0.3 is 10.1 Å². The van der Waals surface area contributed by atoms with E-state index < -0.39 is 39.5 Å². The number of carbonyl (C=O) groups excluding carboxylic acids is 1. The van der Waals surface area contributed by atoms with Gasteiger partial charge in [-0.15, -0.1) is 0 Å². The number of aromatic nitrogens is 1. The van der Waals surface area contributed by atoms with Crippen molar-refractivity contribution >= 4 is 21.6 Å². The van der Waals surface area contributed by atoms with E-state index in [2.05, 4.69) is 15.0 Å². The lowest BCUT2D eigenvalue weighted by molar-refractivity contribution is -0.141. The molecule has 1 heterocycles. The zero-order chi connectivity index (χ0) is 28.1. The first-order valence-corrected chi connectivity index (χ1v) is 13.5. The molecule has 38 heavy (non-hydrogen) atoms. The summed E-state index contributed by atoms with van der Waals surface area (Å²) in [7, 11) is -3.83. The van der Waals surface area contributed by atoms with Crippen LogP contribution in [0.1, 0.15) is 47.7 Å². The van der Waals surface area contributed by atoms with Crippen molar-refractivity contribution < 1.29 is 35.5 Å². The second-order valence-corrected chi connectivity index (χ2v) is 10.4. The highest BCUT2D eigenvalue weighted by atomic mass is 32.2. The number of rotatable bonds is 10. The third-order valence-electron chi connectivity index (χ3n) is 5.68. The molecule has 0 spiro atoms. The maximum absolute atomic E-state index is 14.3. The number of benzene rings is 2. The van der Waals surface area contributed by atoms with Crippen LogP contribution in [0, 0.1) is 5.82 Å². The molecule has 0 fully saturated rings. The molecule has 0 aliphatic rings. The zero-order valence-corrected chi connectivity index (χ0v) is 21.7. The number of anilines is 1. The van der Waals surface area contributed by atoms with Gasteiger partial charge in [-0.05, 0) is 48.2 Å². The van der Waals surface area contributed by atoms with E-state index in [9.17, 15) is 30.8 Å². The van der Waals surface area contributed by atoms with E-state index in [-0.39, 0.29) is 35.8 Å². The van der Waals surface area contributed by atoms with Crippen LogP contribution in [0.5, 0.6) is 5.88 Å². The Balaban J connectivity index is 1.80. The normalized spacial score (nSPS) is 12.6. The highest BCUT2D eigenvalue weighted by molar-refractivity contribution is 7.92. The average molecular weight is 554 g/mol. The summed E-state index contributed by atoms with van der Waals surface area (Å²) in [6, 6.07) is 13.1. The number of para-hydroxylation sites is 1. The zero-order valence-electron chi connectivity index (χ0n) is 20.9. The topological polar surface area (TPSA) is 97.4 Å². The van der Waals surface area contributed by atoms with E-state index in [1.165, 1.54) is 19.1 Å². The van der Waals surface area contributed by atoms with E-state index in [4.69, 9.17) is 4.74 Å². The fraction of sp³-hybridized carbons (Fsp3) is 0.308. The Hall–Kier alpha value is -3.67. The number of alkyl halides is 3. The third kappa shape index (κ3) is 7.67. The molecule has 204 valence electrons. The highest BCUT2D eigenvalue weighted by Crippen LogP contribution is 2.31. The van der Waals surface area contributed by atoms with Gasteiger partial charge in [0.2, 0.25) is 21.8 Å². The quantitative estimate of drug-likeness (QED) is 0.338. The summed E-state index contributed by atoms with van der Waals surface area (Å²) in [6.45, 7) is 3.17. The molecule has 3 aromatic rings. The van der Waals surface area contributed by atoms with Crippen LogP contribution in [0.25, 0.3) is 0 Å². The number of ether oxygens (including phenoxy) is 1. The van der Waals surface area contributed by atoms with E-state index in [0.717, 1.165) is 42.0 Å². The predicted octanol–water partition coefficient (Wildman–Crippen LogP) is 5.17. The number of aryl methyl sites for hydroxylation is 1. The van der Waals surface area contributed by atoms with Crippen LogP contribution in [0.4, 0.5) is 23.2 Å². The van der Waals surface area contributed by atoms with Gasteiger partial charge in [0.15, 0.2) is 0 Å². The smallest absolute Gasteiger partial charge is 0.433 e. The summed E-state index contributed by atoms with van der Waals surface area (Å²) in [6.07, 6.45) is -3.01. The van der Waals surface area contributed by atoms with Crippen LogP contribution >= 0.6 is 0 Å². The Morgan fingerprint density at radius 2 is 1.71 bits per heavy atom. The molecule has 0 aliphatic carbocycles. The molecule has 0 bridgehead atoms. The molecule has 12 heteroatoms. The van der Waals surface area contributed by atoms with Crippen molar-refractivity contribution in [2.75, 3.05) is 11.0 Å². The number of sulfonamides is 1. The van der Waals surface area contributed by atoms with Crippen molar-refractivity contribution in [2.24, 2.45) is 0 Å². The molecule has 2 N–H and O–H groups in total. The Labute approximate surface area is 218 Å². The Morgan fingerprint density at radius 1 is 1.05 bits per heavy atom. The van der Waals surface area contributed by atoms with Crippen LogP contribution in [-0.2, 0) is 40.6 Å². The lowest BCUT2D eigenvalue weighted by Gasteiger charge is -2.18. The molecule has 3 rings (SSSR count). The lowest BCUT2D eigenvalue weighted by atomic mass is 9.98. The third-order valence-corrected chi connectivity index (χ3v) is 6.26. The number of hydrogen-bond acceptors (Lipinski definition) is 5. The lowest BCUT2D eigenvalue weighted by Crippen LogP contribution is -2.29. The maximum Gasteiger partial charge on any atom is 0.433 e. The van der Waals surface area contributed by atoms with Gasteiger partial charge in [-0.25, -0.2) is 17.8 Å². The summed E-state index contributed by atoms with van der Waals surface area (Å²) < 4.78 is 85.2. The van der Waals surface area contributed by atoms with E-state index >= 15 is 0 Å². The summed E-state index contributed by atoms with van der Waals surface area (Å²) in [5.41, 5.74) is 0.599. The largest absolute Gasteiger partial charge is 0.473 e. The summed E-state index contributed by atoms with van der Waals surface area (Å²) in [5.74, 6) is -2.77. The molecule has 1 amide bonds. The summed E-state index contributed by atoms with van der Waals surface area (Å²) in [4.78, 5) is 16.5. The number of carbonyl (C=O) groups is 1. The van der Waals surface area contributed by atoms with Crippen LogP contribution in [-0.4, -0.2) is 25.6 Å². The minimum atomic E-state index is -4.70. The van der Waals surface area contributed by atoms with Gasteiger partial charge in [0, 0.05) is 12.1 Å². The summed E-state index contributed by atoms with van der Waals surface area (Å²) in [5, 5.41) is 2.58. The Morgan fingerprint density at radius 3 is 2.32 bits per heavy atom. The van der Waals surface area contributed by atoms with Gasteiger partial charge in [-0.3, -0.25) is 9.52 Å². The van der Waals surface area contributed by atoms with Crippen molar-refractivity contribution in [1.29, 1.82) is 0 Å². The van der Waals surface area contributed by atoms with Gasteiger partial charge in [-0.1, -0.05) is 43.3 Å². The molecular formula is C26H27F4N3O4S. The molecule has 2 aromatic carbocycles. The molecule has 1 unspecified atom stereocenters. The first kappa shape index (κ1) is 28.9. The van der Waals surface area contributed by atoms with Crippen molar-refractivity contribution in [3.8, 4) is 5.88 Å². The molecule has 7 nitrogen and oxygen atoms in total. The minimum absolute atomic E-state index is 0.0422. The number of nitrogens with zero attached hydrogens (tertiary/aromatic N) is 1. The van der Waals surface area contributed by atoms with Crippen LogP contribution in [0.2, 0.25) is 0 Å². The molecule has 0 saturated heterocycles. The number of halogens is 4. The fourth-order valence-corrected chi connectivity index (χ4v) is 4.17. The molecule has 0 radical (unpaired) electrons. The van der Waals surface area contributed by atoms with Gasteiger partial charge >= 0.3 is 6.18 Å². The van der Waals surface area contributed by atoms with Gasteiger partial charge in [-0.2, -0.15) is 13.2 Å². The molecule has 1 aromatic heterocycles. The van der Waals surface area contributed by atoms with Crippen molar-refractivity contribution in [3.63, 3.8) is 0 Å². The number of hydrogen-bond donors (Lipinski definition) is 2. The van der Waals surface area contributed by atoms with E-state index in [1.807, 2.05) is 19.1 Å². The number of nitrogens with one attached hydrogen (secondary N) is 2. The van der Waals surface area contributed by atoms with Crippen molar-refractivity contribution in [3.05, 3.63) is 88.4 Å². The second kappa shape index (κ2) is 11.8. The number of amides is 1. The van der Waals surface area contributed by atoms with E-state index in [0.29, 0.717) is 0 Å². The minimum Gasteiger partial charge on any atom is -0.473 e. The number of pyridine rings is 1. The van der Waals surface area contributed by atoms with Crippen LogP contribution < -0.4 is 14.8 Å². The first-order valence-electron chi connectivity index (χ1n) is 11.6. The fourth-order valence-electron chi connectivity index (χ4n) is 3.58. The molecule has 0 saturated carbocycles. The van der Waals surface area contributed by atoms with Gasteiger partial charge in [0.05, 0.1) is 17.9 Å². The average Bonchev–Trinajstić information content (AvgIpc) is 2.86. The van der Waals surface area contributed by atoms with Crippen LogP contribution in [0.15, 0.2) is 54.6 Å². The molecule has 1 atom stereocenters. The van der Waals surface area contributed by atoms with Gasteiger partial charge in [0.25, 0.3) is 0 Å². The highest BCUT2D eigenvalue weighted by Gasteiger charge is 2.33. The second-order valence-electron chi connectivity index (χ2n) is 8.64. The van der Waals surface area contributed by atoms with Gasteiger partial charge in [0.1, 0.15) is 18.1 Å². The monoisotopic (exact) mass is 553 g/mol. The van der Waals surface area contributed by atoms with Crippen molar-refractivity contribution in [1.82, 2.24) is 10.3 Å². The van der Waals surface area contributed by atoms with E-state index in [1.54, 1.807) is 12.1 Å². The summed E-state index contributed by atoms with van der Waals surface area (Å²) >= 11 is 0. The maximum atomic E-state index is 14.3.